The quantitative estimate of drug-likeness (QED) is 0.334. The van der Waals surface area contributed by atoms with Crippen LogP contribution in [0.15, 0.2) is 96.0 Å². The molecule has 2 heterocycles. The van der Waals surface area contributed by atoms with E-state index in [2.05, 4.69) is 95.5 Å². The van der Waals surface area contributed by atoms with Gasteiger partial charge in [0.1, 0.15) is 0 Å². The minimum Gasteiger partial charge on any atom is -0.309 e. The van der Waals surface area contributed by atoms with E-state index in [0.29, 0.717) is 0 Å². The van der Waals surface area contributed by atoms with Crippen LogP contribution in [-0.4, -0.2) is 13.4 Å². The predicted octanol–water partition coefficient (Wildman–Crippen LogP) is 4.30. The molecule has 0 amide bonds. The lowest BCUT2D eigenvalue weighted by molar-refractivity contribution is 1.29. The highest BCUT2D eigenvalue weighted by atomic mass is 15.2. The van der Waals surface area contributed by atoms with Crippen molar-refractivity contribution >= 4 is 52.6 Å². The molecule has 130 valence electrons. The van der Waals surface area contributed by atoms with Crippen molar-refractivity contribution in [3.8, 4) is 11.1 Å². The maximum absolute atomic E-state index is 4.30. The van der Waals surface area contributed by atoms with Gasteiger partial charge < -0.3 is 4.90 Å². The van der Waals surface area contributed by atoms with E-state index in [1.807, 2.05) is 12.1 Å². The fraction of sp³-hybridized carbons (Fsp3) is 0. The Kier molecular flexibility index (Phi) is 3.15. The molecule has 0 aliphatic carbocycles. The molecule has 2 nitrogen and oxygen atoms in total. The number of nitrogens with zero attached hydrogens (tertiary/aromatic N) is 2. The molecule has 0 fully saturated rings. The first-order valence-corrected chi connectivity index (χ1v) is 9.55. The van der Waals surface area contributed by atoms with Crippen molar-refractivity contribution in [3.63, 3.8) is 0 Å². The van der Waals surface area contributed by atoms with Crippen LogP contribution in [0.3, 0.4) is 0 Å². The molecular weight excluding hydrogens is 339 g/mol. The van der Waals surface area contributed by atoms with Crippen LogP contribution in [-0.2, 0) is 0 Å². The number of hydrogen-bond acceptors (Lipinski definition) is 2. The molecule has 4 aromatic carbocycles. The third-order valence-corrected chi connectivity index (χ3v) is 5.96. The van der Waals surface area contributed by atoms with Gasteiger partial charge in [0.2, 0.25) is 6.71 Å². The first kappa shape index (κ1) is 15.5. The van der Waals surface area contributed by atoms with E-state index in [0.717, 1.165) is 11.4 Å². The van der Waals surface area contributed by atoms with Crippen molar-refractivity contribution in [1.82, 2.24) is 0 Å². The number of aliphatic imine (C=N–C) groups is 1. The number of benzene rings is 4. The Morgan fingerprint density at radius 2 is 1.25 bits per heavy atom. The lowest BCUT2D eigenvalue weighted by Gasteiger charge is -2.36. The number of anilines is 3. The molecule has 28 heavy (non-hydrogen) atoms. The van der Waals surface area contributed by atoms with Gasteiger partial charge in [-0.3, -0.25) is 4.99 Å². The molecule has 2 aliphatic rings. The zero-order valence-corrected chi connectivity index (χ0v) is 15.3. The number of para-hydroxylation sites is 3. The summed E-state index contributed by atoms with van der Waals surface area (Å²) in [6.45, 7) is 4.08. The van der Waals surface area contributed by atoms with Gasteiger partial charge in [-0.05, 0) is 53.0 Å². The van der Waals surface area contributed by atoms with E-state index in [1.54, 1.807) is 0 Å². The summed E-state index contributed by atoms with van der Waals surface area (Å²) >= 11 is 0. The van der Waals surface area contributed by atoms with Gasteiger partial charge in [0.05, 0.1) is 11.4 Å². The van der Waals surface area contributed by atoms with Crippen LogP contribution in [0.4, 0.5) is 22.7 Å². The summed E-state index contributed by atoms with van der Waals surface area (Å²) in [5, 5.41) is 0. The maximum atomic E-state index is 4.30. The molecular formula is C25H17BN2. The Hall–Kier alpha value is -3.59. The monoisotopic (exact) mass is 356 g/mol. The Balaban J connectivity index is 1.73. The molecule has 0 aromatic heterocycles. The van der Waals surface area contributed by atoms with Crippen molar-refractivity contribution in [2.45, 2.75) is 0 Å². The Labute approximate surface area is 164 Å². The molecule has 6 rings (SSSR count). The van der Waals surface area contributed by atoms with E-state index in [1.165, 1.54) is 38.9 Å². The van der Waals surface area contributed by atoms with Crippen LogP contribution in [0.25, 0.3) is 11.1 Å². The second kappa shape index (κ2) is 5.70. The van der Waals surface area contributed by atoms with Crippen LogP contribution in [0, 0.1) is 0 Å². The zero-order valence-electron chi connectivity index (χ0n) is 15.3. The number of fused-ring (bicyclic) bond motifs is 5. The van der Waals surface area contributed by atoms with Crippen LogP contribution < -0.4 is 21.3 Å². The summed E-state index contributed by atoms with van der Waals surface area (Å²) in [5.41, 5.74) is 11.2. The smallest absolute Gasteiger partial charge is 0.248 e. The van der Waals surface area contributed by atoms with Crippen molar-refractivity contribution in [2.75, 3.05) is 4.90 Å². The highest BCUT2D eigenvalue weighted by Gasteiger charge is 2.42. The van der Waals surface area contributed by atoms with E-state index >= 15 is 0 Å². The molecule has 0 N–H and O–H groups in total. The maximum Gasteiger partial charge on any atom is 0.248 e. The SMILES string of the molecule is C=Nc1ccccc1N1c2ccccc2B2c3ccccc3-c3cccc1c32. The van der Waals surface area contributed by atoms with Crippen molar-refractivity contribution < 1.29 is 0 Å². The van der Waals surface area contributed by atoms with E-state index < -0.39 is 0 Å². The summed E-state index contributed by atoms with van der Waals surface area (Å²) in [7, 11) is 0. The molecule has 4 aromatic rings. The van der Waals surface area contributed by atoms with Gasteiger partial charge in [0.25, 0.3) is 0 Å². The van der Waals surface area contributed by atoms with Crippen LogP contribution in [0.5, 0.6) is 0 Å². The molecule has 0 atom stereocenters. The highest BCUT2D eigenvalue weighted by molar-refractivity contribution is 7.01. The minimum absolute atomic E-state index is 0.277. The third-order valence-electron chi connectivity index (χ3n) is 5.96. The second-order valence-corrected chi connectivity index (χ2v) is 7.30. The van der Waals surface area contributed by atoms with E-state index in [9.17, 15) is 0 Å². The van der Waals surface area contributed by atoms with Gasteiger partial charge >= 0.3 is 0 Å². The van der Waals surface area contributed by atoms with Crippen LogP contribution in [0.1, 0.15) is 0 Å². The minimum atomic E-state index is 0.277. The lowest BCUT2D eigenvalue weighted by atomic mass is 9.37. The Morgan fingerprint density at radius 3 is 2.11 bits per heavy atom. The standard InChI is InChI=1S/C25H17BN2/c1-27-21-13-5-7-15-23(21)28-22-14-6-4-12-20(22)26-19-11-3-2-9-17(19)18-10-8-16-24(28)25(18)26/h2-16H,1H2. The Bertz CT molecular complexity index is 1260. The molecule has 0 radical (unpaired) electrons. The number of hydrogen-bond donors (Lipinski definition) is 0. The van der Waals surface area contributed by atoms with Gasteiger partial charge in [-0.1, -0.05) is 72.2 Å². The largest absolute Gasteiger partial charge is 0.309 e. The summed E-state index contributed by atoms with van der Waals surface area (Å²) < 4.78 is 0. The zero-order chi connectivity index (χ0) is 18.7. The van der Waals surface area contributed by atoms with Crippen molar-refractivity contribution in [3.05, 3.63) is 91.0 Å². The summed E-state index contributed by atoms with van der Waals surface area (Å²) in [5.74, 6) is 0. The van der Waals surface area contributed by atoms with Crippen LogP contribution >= 0.6 is 0 Å². The number of rotatable bonds is 2. The molecule has 0 saturated carbocycles. The lowest BCUT2D eigenvalue weighted by Crippen LogP contribution is -2.54. The van der Waals surface area contributed by atoms with Crippen molar-refractivity contribution in [1.29, 1.82) is 0 Å². The van der Waals surface area contributed by atoms with Crippen molar-refractivity contribution in [2.24, 2.45) is 4.99 Å². The first-order chi connectivity index (χ1) is 13.9. The van der Waals surface area contributed by atoms with E-state index in [4.69, 9.17) is 0 Å². The summed E-state index contributed by atoms with van der Waals surface area (Å²) in [6, 6.07) is 32.4. The first-order valence-electron chi connectivity index (χ1n) is 9.55. The second-order valence-electron chi connectivity index (χ2n) is 7.30. The Morgan fingerprint density at radius 1 is 0.607 bits per heavy atom. The van der Waals surface area contributed by atoms with Gasteiger partial charge in [-0.25, -0.2) is 0 Å². The fourth-order valence-electron chi connectivity index (χ4n) is 4.87. The topological polar surface area (TPSA) is 15.6 Å². The van der Waals surface area contributed by atoms with Gasteiger partial charge in [-0.15, -0.1) is 0 Å². The summed E-state index contributed by atoms with van der Waals surface area (Å²) in [6.07, 6.45) is 0. The average molecular weight is 356 g/mol. The molecule has 2 aliphatic heterocycles. The highest BCUT2D eigenvalue weighted by Crippen LogP contribution is 2.43. The average Bonchev–Trinajstić information content (AvgIpc) is 3.10. The molecule has 3 heteroatoms. The third kappa shape index (κ3) is 1.91. The summed E-state index contributed by atoms with van der Waals surface area (Å²) in [4.78, 5) is 6.64. The van der Waals surface area contributed by atoms with Gasteiger partial charge in [0, 0.05) is 11.4 Å². The molecule has 0 saturated heterocycles. The molecule has 0 bridgehead atoms. The van der Waals surface area contributed by atoms with Gasteiger partial charge in [0.15, 0.2) is 0 Å². The molecule has 0 spiro atoms. The fourth-order valence-corrected chi connectivity index (χ4v) is 4.87. The molecule has 0 unspecified atom stereocenters. The normalized spacial score (nSPS) is 13.0. The predicted molar refractivity (Wildman–Crippen MR) is 120 cm³/mol. The van der Waals surface area contributed by atoms with Gasteiger partial charge in [-0.2, -0.15) is 0 Å². The van der Waals surface area contributed by atoms with Crippen LogP contribution in [0.2, 0.25) is 0 Å². The van der Waals surface area contributed by atoms with E-state index in [-0.39, 0.29) is 6.71 Å².